The first-order valence-electron chi connectivity index (χ1n) is 6.84. The minimum atomic E-state index is 0.189. The van der Waals surface area contributed by atoms with Crippen LogP contribution in [0, 0.1) is 0 Å². The fourth-order valence-corrected chi connectivity index (χ4v) is 2.71. The molecule has 108 valence electrons. The minimum Gasteiger partial charge on any atom is -0.389 e. The number of rotatable bonds is 3. The molecule has 5 heteroatoms. The van der Waals surface area contributed by atoms with Crippen molar-refractivity contribution in [3.8, 4) is 0 Å². The molecular formula is C15H21N3OS. The lowest BCUT2D eigenvalue weighted by Crippen LogP contribution is -2.53. The van der Waals surface area contributed by atoms with Crippen molar-refractivity contribution >= 4 is 23.1 Å². The van der Waals surface area contributed by atoms with E-state index in [0.29, 0.717) is 11.4 Å². The average Bonchev–Trinajstić information content (AvgIpc) is 2.39. The van der Waals surface area contributed by atoms with Gasteiger partial charge in [0, 0.05) is 31.2 Å². The Labute approximate surface area is 125 Å². The van der Waals surface area contributed by atoms with Gasteiger partial charge in [-0.05, 0) is 19.5 Å². The van der Waals surface area contributed by atoms with Crippen molar-refractivity contribution in [2.45, 2.75) is 19.4 Å². The second kappa shape index (κ2) is 6.33. The van der Waals surface area contributed by atoms with Gasteiger partial charge in [-0.25, -0.2) is 0 Å². The minimum absolute atomic E-state index is 0.189. The standard InChI is InChI=1S/C15H21N3OS/c1-11-10-17(2)7-8-18(11)14(19)9-12-3-5-13(6-4-12)15(16)20/h3-6,11H,7-10H2,1-2H3,(H2,16,20). The van der Waals surface area contributed by atoms with Crippen LogP contribution in [0.2, 0.25) is 0 Å². The maximum atomic E-state index is 12.4. The van der Waals surface area contributed by atoms with Crippen molar-refractivity contribution in [3.05, 3.63) is 35.4 Å². The SMILES string of the molecule is CC1CN(C)CCN1C(=O)Cc1ccc(C(N)=S)cc1. The number of piperazine rings is 1. The van der Waals surface area contributed by atoms with Crippen LogP contribution in [-0.4, -0.2) is 53.4 Å². The number of benzene rings is 1. The number of thiocarbonyl (C=S) groups is 1. The summed E-state index contributed by atoms with van der Waals surface area (Å²) >= 11 is 4.92. The first-order valence-corrected chi connectivity index (χ1v) is 7.25. The number of hydrogen-bond donors (Lipinski definition) is 1. The van der Waals surface area contributed by atoms with Gasteiger partial charge in [-0.15, -0.1) is 0 Å². The van der Waals surface area contributed by atoms with Crippen LogP contribution in [0.3, 0.4) is 0 Å². The second-order valence-electron chi connectivity index (χ2n) is 5.44. The first-order chi connectivity index (χ1) is 9.47. The van der Waals surface area contributed by atoms with E-state index in [-0.39, 0.29) is 11.9 Å². The Morgan fingerprint density at radius 3 is 2.55 bits per heavy atom. The average molecular weight is 291 g/mol. The number of amides is 1. The highest BCUT2D eigenvalue weighted by Crippen LogP contribution is 2.12. The molecule has 1 aliphatic rings. The molecule has 0 radical (unpaired) electrons. The summed E-state index contributed by atoms with van der Waals surface area (Å²) in [6, 6.07) is 7.87. The lowest BCUT2D eigenvalue weighted by atomic mass is 10.1. The van der Waals surface area contributed by atoms with Gasteiger partial charge in [-0.1, -0.05) is 36.5 Å². The molecule has 1 aromatic rings. The van der Waals surface area contributed by atoms with Crippen molar-refractivity contribution in [2.24, 2.45) is 5.73 Å². The van der Waals surface area contributed by atoms with E-state index in [1.165, 1.54) is 0 Å². The third-order valence-corrected chi connectivity index (χ3v) is 3.98. The molecule has 0 bridgehead atoms. The monoisotopic (exact) mass is 291 g/mol. The van der Waals surface area contributed by atoms with Crippen LogP contribution in [-0.2, 0) is 11.2 Å². The van der Waals surface area contributed by atoms with E-state index in [1.807, 2.05) is 29.2 Å². The molecule has 2 N–H and O–H groups in total. The summed E-state index contributed by atoms with van der Waals surface area (Å²) in [4.78, 5) is 17.0. The van der Waals surface area contributed by atoms with Crippen LogP contribution >= 0.6 is 12.2 Å². The quantitative estimate of drug-likeness (QED) is 0.845. The van der Waals surface area contributed by atoms with Crippen LogP contribution in [0.4, 0.5) is 0 Å². The van der Waals surface area contributed by atoms with Gasteiger partial charge in [0.15, 0.2) is 0 Å². The smallest absolute Gasteiger partial charge is 0.227 e. The number of hydrogen-bond acceptors (Lipinski definition) is 3. The predicted molar refractivity (Wildman–Crippen MR) is 84.7 cm³/mol. The highest BCUT2D eigenvalue weighted by atomic mass is 32.1. The molecule has 1 fully saturated rings. The topological polar surface area (TPSA) is 49.6 Å². The van der Waals surface area contributed by atoms with Gasteiger partial charge in [0.05, 0.1) is 6.42 Å². The van der Waals surface area contributed by atoms with Crippen molar-refractivity contribution in [1.82, 2.24) is 9.80 Å². The Bertz CT molecular complexity index is 500. The molecule has 1 aliphatic heterocycles. The summed E-state index contributed by atoms with van der Waals surface area (Å²) in [5.74, 6) is 0.189. The van der Waals surface area contributed by atoms with Gasteiger partial charge >= 0.3 is 0 Å². The molecule has 0 aliphatic carbocycles. The van der Waals surface area contributed by atoms with Gasteiger partial charge in [0.1, 0.15) is 4.99 Å². The van der Waals surface area contributed by atoms with Crippen LogP contribution in [0.25, 0.3) is 0 Å². The number of nitrogens with zero attached hydrogens (tertiary/aromatic N) is 2. The van der Waals surface area contributed by atoms with E-state index < -0.39 is 0 Å². The predicted octanol–water partition coefficient (Wildman–Crippen LogP) is 1.03. The number of nitrogens with two attached hydrogens (primary N) is 1. The zero-order valence-corrected chi connectivity index (χ0v) is 12.8. The maximum absolute atomic E-state index is 12.4. The van der Waals surface area contributed by atoms with Gasteiger partial charge in [0.25, 0.3) is 0 Å². The summed E-state index contributed by atoms with van der Waals surface area (Å²) in [6.45, 7) is 4.79. The summed E-state index contributed by atoms with van der Waals surface area (Å²) < 4.78 is 0. The Hall–Kier alpha value is -1.46. The summed E-state index contributed by atoms with van der Waals surface area (Å²) in [7, 11) is 2.09. The molecule has 0 spiro atoms. The maximum Gasteiger partial charge on any atom is 0.227 e. The lowest BCUT2D eigenvalue weighted by Gasteiger charge is -2.38. The highest BCUT2D eigenvalue weighted by molar-refractivity contribution is 7.80. The van der Waals surface area contributed by atoms with E-state index in [2.05, 4.69) is 18.9 Å². The molecule has 1 heterocycles. The van der Waals surface area contributed by atoms with E-state index in [0.717, 1.165) is 30.8 Å². The fourth-order valence-electron chi connectivity index (χ4n) is 2.57. The zero-order valence-electron chi connectivity index (χ0n) is 12.0. The van der Waals surface area contributed by atoms with E-state index in [1.54, 1.807) is 0 Å². The molecule has 1 amide bonds. The van der Waals surface area contributed by atoms with Gasteiger partial charge < -0.3 is 15.5 Å². The summed E-state index contributed by atoms with van der Waals surface area (Å²) in [6.07, 6.45) is 0.436. The third-order valence-electron chi connectivity index (χ3n) is 3.74. The van der Waals surface area contributed by atoms with Crippen LogP contribution in [0.1, 0.15) is 18.1 Å². The molecule has 1 saturated heterocycles. The fraction of sp³-hybridized carbons (Fsp3) is 0.467. The molecule has 2 rings (SSSR count). The lowest BCUT2D eigenvalue weighted by molar-refractivity contribution is -0.134. The third kappa shape index (κ3) is 3.55. The normalized spacial score (nSPS) is 19.9. The first kappa shape index (κ1) is 14.9. The van der Waals surface area contributed by atoms with Gasteiger partial charge in [-0.2, -0.15) is 0 Å². The Balaban J connectivity index is 1.99. The number of carbonyl (C=O) groups is 1. The molecule has 1 aromatic carbocycles. The van der Waals surface area contributed by atoms with Crippen LogP contribution < -0.4 is 5.73 Å². The Morgan fingerprint density at radius 1 is 1.35 bits per heavy atom. The Kier molecular flexibility index (Phi) is 4.73. The van der Waals surface area contributed by atoms with Crippen molar-refractivity contribution in [3.63, 3.8) is 0 Å². The molecule has 1 unspecified atom stereocenters. The molecule has 20 heavy (non-hydrogen) atoms. The molecule has 4 nitrogen and oxygen atoms in total. The highest BCUT2D eigenvalue weighted by Gasteiger charge is 2.25. The number of likely N-dealkylation sites (N-methyl/N-ethyl adjacent to an activating group) is 1. The summed E-state index contributed by atoms with van der Waals surface area (Å²) in [5, 5.41) is 0. The largest absolute Gasteiger partial charge is 0.389 e. The molecule has 1 atom stereocenters. The van der Waals surface area contributed by atoms with E-state index in [9.17, 15) is 4.79 Å². The summed E-state index contributed by atoms with van der Waals surface area (Å²) in [5.41, 5.74) is 7.40. The van der Waals surface area contributed by atoms with Crippen LogP contribution in [0.15, 0.2) is 24.3 Å². The second-order valence-corrected chi connectivity index (χ2v) is 5.88. The molecule has 0 aromatic heterocycles. The number of carbonyl (C=O) groups excluding carboxylic acids is 1. The van der Waals surface area contributed by atoms with Gasteiger partial charge in [-0.3, -0.25) is 4.79 Å². The molecular weight excluding hydrogens is 270 g/mol. The van der Waals surface area contributed by atoms with Crippen molar-refractivity contribution in [1.29, 1.82) is 0 Å². The van der Waals surface area contributed by atoms with Gasteiger partial charge in [0.2, 0.25) is 5.91 Å². The van der Waals surface area contributed by atoms with Crippen molar-refractivity contribution < 1.29 is 4.79 Å². The van der Waals surface area contributed by atoms with Crippen LogP contribution in [0.5, 0.6) is 0 Å². The van der Waals surface area contributed by atoms with E-state index >= 15 is 0 Å². The molecule has 0 saturated carbocycles. The Morgan fingerprint density at radius 2 is 2.00 bits per heavy atom. The van der Waals surface area contributed by atoms with E-state index in [4.69, 9.17) is 18.0 Å². The van der Waals surface area contributed by atoms with Crippen molar-refractivity contribution in [2.75, 3.05) is 26.7 Å². The zero-order chi connectivity index (χ0) is 14.7.